The van der Waals surface area contributed by atoms with Crippen molar-refractivity contribution in [2.75, 3.05) is 26.4 Å². The summed E-state index contributed by atoms with van der Waals surface area (Å²) in [6, 6.07) is 34.9. The minimum atomic E-state index is -1.06. The zero-order chi connectivity index (χ0) is 64.0. The molecule has 16 nitrogen and oxygen atoms in total. The van der Waals surface area contributed by atoms with E-state index >= 15 is 17.6 Å². The average Bonchev–Trinajstić information content (AvgIpc) is 1.59. The van der Waals surface area contributed by atoms with E-state index in [0.29, 0.717) is 73.0 Å². The van der Waals surface area contributed by atoms with Crippen molar-refractivity contribution in [2.24, 2.45) is 10.8 Å². The summed E-state index contributed by atoms with van der Waals surface area (Å²) in [4.78, 5) is 41.7. The van der Waals surface area contributed by atoms with E-state index in [1.165, 1.54) is 60.7 Å². The number of ether oxygens (including phenoxy) is 4. The van der Waals surface area contributed by atoms with E-state index < -0.39 is 46.8 Å². The van der Waals surface area contributed by atoms with Crippen LogP contribution < -0.4 is 9.47 Å². The maximum absolute atomic E-state index is 15.7. The molecule has 4 aromatic heterocycles. The summed E-state index contributed by atoms with van der Waals surface area (Å²) in [6.45, 7) is 1.91. The molecule has 2 unspecified atom stereocenters. The van der Waals surface area contributed by atoms with E-state index in [4.69, 9.17) is 39.4 Å². The molecule has 4 aliphatic rings. The molecule has 4 fully saturated rings. The zero-order valence-corrected chi connectivity index (χ0v) is 48.9. The normalized spacial score (nSPS) is 16.8. The first-order chi connectivity index (χ1) is 44.5. The number of nitrogens with zero attached hydrogens (tertiary/aromatic N) is 8. The highest BCUT2D eigenvalue weighted by atomic mass is 19.1. The molecule has 6 heterocycles. The lowest BCUT2D eigenvalue weighted by atomic mass is 9.91. The van der Waals surface area contributed by atoms with Gasteiger partial charge >= 0.3 is 11.9 Å². The molecule has 2 saturated heterocycles. The molecule has 0 radical (unpaired) electrons. The van der Waals surface area contributed by atoms with Crippen LogP contribution in [0.5, 0.6) is 11.8 Å². The van der Waals surface area contributed by atoms with Crippen LogP contribution in [0.15, 0.2) is 133 Å². The summed E-state index contributed by atoms with van der Waals surface area (Å²) in [7, 11) is 0. The monoisotopic (exact) mass is 1250 g/mol. The number of nitriles is 2. The van der Waals surface area contributed by atoms with Crippen LogP contribution >= 0.6 is 0 Å². The smallest absolute Gasteiger partial charge is 0.335 e. The predicted octanol–water partition coefficient (Wildman–Crippen LogP) is 14.0. The Hall–Kier alpha value is -10.4. The van der Waals surface area contributed by atoms with Gasteiger partial charge in [0.1, 0.15) is 59.8 Å². The molecule has 0 bridgehead atoms. The molecular formula is C70H54F6N8O8. The largest absolute Gasteiger partial charge is 0.478 e. The Labute approximate surface area is 521 Å². The minimum Gasteiger partial charge on any atom is -0.478 e. The van der Waals surface area contributed by atoms with E-state index in [2.05, 4.69) is 9.97 Å². The van der Waals surface area contributed by atoms with E-state index in [9.17, 15) is 28.6 Å². The highest BCUT2D eigenvalue weighted by molar-refractivity contribution is 5.93. The lowest BCUT2D eigenvalue weighted by Gasteiger charge is -2.34. The first-order valence-electron chi connectivity index (χ1n) is 29.7. The van der Waals surface area contributed by atoms with Gasteiger partial charge in [-0.05, 0) is 147 Å². The molecule has 2 saturated carbocycles. The fourth-order valence-corrected chi connectivity index (χ4v) is 12.6. The van der Waals surface area contributed by atoms with Gasteiger partial charge in [0.2, 0.25) is 11.8 Å². The number of hydrogen-bond acceptors (Lipinski definition) is 12. The van der Waals surface area contributed by atoms with Crippen LogP contribution in [-0.2, 0) is 35.5 Å². The number of rotatable bonds is 16. The van der Waals surface area contributed by atoms with E-state index in [1.807, 2.05) is 21.3 Å². The second kappa shape index (κ2) is 24.8. The minimum absolute atomic E-state index is 0.0119. The molecule has 22 heteroatoms. The van der Waals surface area contributed by atoms with Gasteiger partial charge < -0.3 is 38.3 Å². The van der Waals surface area contributed by atoms with Gasteiger partial charge in [-0.1, -0.05) is 24.3 Å². The number of carbonyl (C=O) groups is 2. The van der Waals surface area contributed by atoms with Crippen molar-refractivity contribution < 1.29 is 65.1 Å². The number of carboxylic acid groups (broad SMARTS) is 2. The van der Waals surface area contributed by atoms with Crippen molar-refractivity contribution >= 4 is 34.0 Å². The van der Waals surface area contributed by atoms with Crippen LogP contribution in [0.2, 0.25) is 0 Å². The third-order valence-corrected chi connectivity index (χ3v) is 17.8. The lowest BCUT2D eigenvalue weighted by Crippen LogP contribution is -2.32. The summed E-state index contributed by atoms with van der Waals surface area (Å²) in [5.41, 5.74) is 3.64. The van der Waals surface area contributed by atoms with Crippen molar-refractivity contribution in [2.45, 2.75) is 76.7 Å². The fourth-order valence-electron chi connectivity index (χ4n) is 12.6. The molecule has 92 heavy (non-hydrogen) atoms. The molecular weight excluding hydrogens is 1190 g/mol. The standard InChI is InChI=1S/2C35H27F3N4O4/c2*36-25-12-20(17-39)4-5-22(25)18-46-33-3-1-2-28(41-33)24-16-26(37)23(13-27(24)38)15-32-40-29-7-6-21(34(43)44)14-30(29)42(32)31-8-11-45-19-35(31)9-10-35/h2*1-7,12-14,16,31H,8-11,15,18-19H2,(H,43,44). The number of hydrogen-bond donors (Lipinski definition) is 2. The molecule has 2 atom stereocenters. The molecule has 10 aromatic rings. The zero-order valence-electron chi connectivity index (χ0n) is 48.9. The summed E-state index contributed by atoms with van der Waals surface area (Å²) >= 11 is 0. The van der Waals surface area contributed by atoms with Gasteiger partial charge in [-0.2, -0.15) is 10.5 Å². The first-order valence-corrected chi connectivity index (χ1v) is 29.7. The summed E-state index contributed by atoms with van der Waals surface area (Å²) in [5.74, 6) is -4.79. The molecule has 0 amide bonds. The van der Waals surface area contributed by atoms with Gasteiger partial charge in [-0.25, -0.2) is 55.9 Å². The van der Waals surface area contributed by atoms with Crippen LogP contribution in [0, 0.1) is 68.4 Å². The van der Waals surface area contributed by atoms with Crippen LogP contribution in [0.25, 0.3) is 44.6 Å². The molecule has 2 spiro atoms. The van der Waals surface area contributed by atoms with Gasteiger partial charge in [-0.15, -0.1) is 0 Å². The van der Waals surface area contributed by atoms with Crippen LogP contribution in [-0.4, -0.2) is 77.6 Å². The molecule has 2 N–H and O–H groups in total. The maximum atomic E-state index is 15.7. The SMILES string of the molecule is N#Cc1ccc(COc2cccc(-c3cc(F)c(Cc4nc5ccc(C(=O)O)cc5n4C4CCOCC45CC5)cc3F)n2)c(F)c1.N#Cc1ccc(COc2cccc(-c3cc(F)c(Cc4nc5ccc(C(=O)O)cc5n4C4CCOCC45CC5)cc3F)n2)c(F)c1. The highest BCUT2D eigenvalue weighted by Gasteiger charge is 2.54. The van der Waals surface area contributed by atoms with Crippen molar-refractivity contribution in [1.29, 1.82) is 10.5 Å². The fraction of sp³-hybridized carbons (Fsp3) is 0.257. The number of pyridine rings is 2. The number of halogens is 6. The van der Waals surface area contributed by atoms with E-state index in [0.717, 1.165) is 62.1 Å². The number of carboxylic acids is 2. The Kier molecular flexibility index (Phi) is 16.3. The first kappa shape index (κ1) is 60.5. The van der Waals surface area contributed by atoms with Crippen molar-refractivity contribution in [3.8, 4) is 46.4 Å². The van der Waals surface area contributed by atoms with Crippen LogP contribution in [0.3, 0.4) is 0 Å². The predicted molar refractivity (Wildman–Crippen MR) is 321 cm³/mol. The van der Waals surface area contributed by atoms with Crippen LogP contribution in [0.1, 0.15) is 116 Å². The summed E-state index contributed by atoms with van der Waals surface area (Å²) in [6.07, 6.45) is 5.23. The Morgan fingerprint density at radius 2 is 0.924 bits per heavy atom. The van der Waals surface area contributed by atoms with Crippen LogP contribution in [0.4, 0.5) is 26.3 Å². The number of aromatic carboxylic acids is 2. The van der Waals surface area contributed by atoms with Gasteiger partial charge in [0, 0.05) is 83.4 Å². The quantitative estimate of drug-likeness (QED) is 0.0860. The Balaban J connectivity index is 0.000000168. The molecule has 14 rings (SSSR count). The number of benzene rings is 6. The number of imidazole rings is 2. The van der Waals surface area contributed by atoms with Gasteiger partial charge in [0.05, 0.1) is 81.1 Å². The third kappa shape index (κ3) is 12.1. The molecule has 2 aliphatic carbocycles. The van der Waals surface area contributed by atoms with Gasteiger partial charge in [0.15, 0.2) is 0 Å². The second-order valence-corrected chi connectivity index (χ2v) is 23.6. The number of fused-ring (bicyclic) bond motifs is 2. The average molecular weight is 1250 g/mol. The molecule has 464 valence electrons. The highest BCUT2D eigenvalue weighted by Crippen LogP contribution is 2.59. The maximum Gasteiger partial charge on any atom is 0.335 e. The summed E-state index contributed by atoms with van der Waals surface area (Å²) in [5, 5.41) is 37.1. The van der Waals surface area contributed by atoms with E-state index in [-0.39, 0.29) is 128 Å². The van der Waals surface area contributed by atoms with Gasteiger partial charge in [0.25, 0.3) is 0 Å². The lowest BCUT2D eigenvalue weighted by molar-refractivity contribution is 0.00856. The summed E-state index contributed by atoms with van der Waals surface area (Å²) < 4.78 is 118. The third-order valence-electron chi connectivity index (χ3n) is 17.8. The Morgan fingerprint density at radius 3 is 1.30 bits per heavy atom. The topological polar surface area (TPSA) is 221 Å². The van der Waals surface area contributed by atoms with Crippen molar-refractivity contribution in [3.05, 3.63) is 225 Å². The number of aromatic nitrogens is 6. The molecule has 6 aromatic carbocycles. The second-order valence-electron chi connectivity index (χ2n) is 23.6. The van der Waals surface area contributed by atoms with Crippen molar-refractivity contribution in [3.63, 3.8) is 0 Å². The Bertz CT molecular complexity index is 4390. The van der Waals surface area contributed by atoms with Crippen molar-refractivity contribution in [1.82, 2.24) is 29.1 Å². The Morgan fingerprint density at radius 1 is 0.511 bits per heavy atom. The molecule has 2 aliphatic heterocycles. The van der Waals surface area contributed by atoms with Gasteiger partial charge in [-0.3, -0.25) is 0 Å². The van der Waals surface area contributed by atoms with E-state index in [1.54, 1.807) is 36.4 Å².